The summed E-state index contributed by atoms with van der Waals surface area (Å²) in [5.41, 5.74) is 2.93. The molecule has 0 radical (unpaired) electrons. The van der Waals surface area contributed by atoms with Crippen molar-refractivity contribution in [1.29, 1.82) is 0 Å². The van der Waals surface area contributed by atoms with Crippen LogP contribution >= 0.6 is 43.5 Å². The summed E-state index contributed by atoms with van der Waals surface area (Å²) in [6, 6.07) is 9.99. The first kappa shape index (κ1) is 21.2. The van der Waals surface area contributed by atoms with E-state index in [0.29, 0.717) is 15.8 Å². The third kappa shape index (κ3) is 7.20. The molecule has 0 atom stereocenters. The van der Waals surface area contributed by atoms with Gasteiger partial charge in [0.05, 0.1) is 15.7 Å². The van der Waals surface area contributed by atoms with Crippen molar-refractivity contribution in [3.05, 3.63) is 55.9 Å². The Morgan fingerprint density at radius 1 is 1.11 bits per heavy atom. The van der Waals surface area contributed by atoms with E-state index in [2.05, 4.69) is 42.4 Å². The molecule has 1 amide bonds. The lowest BCUT2D eigenvalue weighted by molar-refractivity contribution is -0.139. The third-order valence-corrected chi connectivity index (χ3v) is 4.37. The summed E-state index contributed by atoms with van der Waals surface area (Å²) in [5.74, 6) is -0.764. The average molecular weight is 521 g/mol. The van der Waals surface area contributed by atoms with Crippen LogP contribution in [0.2, 0.25) is 5.02 Å². The number of carbonyl (C=O) groups is 2. The fourth-order valence-corrected chi connectivity index (χ4v) is 3.21. The molecule has 10 heteroatoms. The molecule has 0 spiro atoms. The van der Waals surface area contributed by atoms with Crippen molar-refractivity contribution in [2.45, 2.75) is 0 Å². The first-order valence-electron chi connectivity index (χ1n) is 7.39. The van der Waals surface area contributed by atoms with Crippen LogP contribution in [0.4, 0.5) is 0 Å². The number of carbonyl (C=O) groups excluding carboxylic acids is 1. The summed E-state index contributed by atoms with van der Waals surface area (Å²) in [7, 11) is 0. The van der Waals surface area contributed by atoms with Gasteiger partial charge in [-0.1, -0.05) is 27.5 Å². The Kier molecular flexibility index (Phi) is 8.08. The third-order valence-electron chi connectivity index (χ3n) is 2.96. The van der Waals surface area contributed by atoms with Gasteiger partial charge in [-0.3, -0.25) is 4.79 Å². The van der Waals surface area contributed by atoms with Gasteiger partial charge in [0.15, 0.2) is 13.2 Å². The zero-order valence-corrected chi connectivity index (χ0v) is 17.5. The zero-order valence-electron chi connectivity index (χ0n) is 13.6. The van der Waals surface area contributed by atoms with E-state index in [1.807, 2.05) is 0 Å². The minimum atomic E-state index is -1.10. The highest BCUT2D eigenvalue weighted by Crippen LogP contribution is 2.28. The van der Waals surface area contributed by atoms with Gasteiger partial charge in [0, 0.05) is 4.47 Å². The number of carboxylic acid groups (broad SMARTS) is 1. The second-order valence-corrected chi connectivity index (χ2v) is 7.21. The fourth-order valence-electron chi connectivity index (χ4n) is 1.80. The van der Waals surface area contributed by atoms with E-state index >= 15 is 0 Å². The van der Waals surface area contributed by atoms with Crippen molar-refractivity contribution >= 4 is 61.6 Å². The second kappa shape index (κ2) is 10.3. The molecule has 0 fully saturated rings. The van der Waals surface area contributed by atoms with Crippen LogP contribution in [0.5, 0.6) is 11.5 Å². The summed E-state index contributed by atoms with van der Waals surface area (Å²) < 4.78 is 12.0. The molecule has 0 bridgehead atoms. The molecule has 0 aliphatic carbocycles. The minimum absolute atomic E-state index is 0.208. The van der Waals surface area contributed by atoms with Crippen molar-refractivity contribution < 1.29 is 24.2 Å². The van der Waals surface area contributed by atoms with Crippen LogP contribution in [-0.4, -0.2) is 36.4 Å². The zero-order chi connectivity index (χ0) is 19.8. The Morgan fingerprint density at radius 2 is 1.81 bits per heavy atom. The molecule has 2 N–H and O–H groups in total. The van der Waals surface area contributed by atoms with Gasteiger partial charge in [0.2, 0.25) is 0 Å². The molecule has 2 aromatic carbocycles. The van der Waals surface area contributed by atoms with Crippen molar-refractivity contribution in [2.75, 3.05) is 13.2 Å². The smallest absolute Gasteiger partial charge is 0.341 e. The first-order chi connectivity index (χ1) is 12.8. The van der Waals surface area contributed by atoms with E-state index in [1.165, 1.54) is 18.3 Å². The quantitative estimate of drug-likeness (QED) is 0.407. The molecule has 7 nitrogen and oxygen atoms in total. The predicted molar refractivity (Wildman–Crippen MR) is 108 cm³/mol. The summed E-state index contributed by atoms with van der Waals surface area (Å²) in [5, 5.41) is 12.6. The van der Waals surface area contributed by atoms with E-state index < -0.39 is 18.5 Å². The monoisotopic (exact) mass is 518 g/mol. The number of ether oxygens (including phenoxy) is 2. The number of halogens is 3. The Morgan fingerprint density at radius 3 is 2.48 bits per heavy atom. The molecule has 0 unspecified atom stereocenters. The van der Waals surface area contributed by atoms with Crippen LogP contribution in [0, 0.1) is 0 Å². The van der Waals surface area contributed by atoms with E-state index in [-0.39, 0.29) is 17.4 Å². The Labute approximate surface area is 176 Å². The van der Waals surface area contributed by atoms with Gasteiger partial charge in [-0.15, -0.1) is 0 Å². The Hall–Kier alpha value is -2.10. The average Bonchev–Trinajstić information content (AvgIpc) is 2.60. The summed E-state index contributed by atoms with van der Waals surface area (Å²) in [4.78, 5) is 22.3. The molecule has 142 valence electrons. The number of rotatable bonds is 8. The summed E-state index contributed by atoms with van der Waals surface area (Å²) >= 11 is 12.7. The molecule has 27 heavy (non-hydrogen) atoms. The van der Waals surface area contributed by atoms with Gasteiger partial charge in [-0.25, -0.2) is 10.2 Å². The minimum Gasteiger partial charge on any atom is -0.483 e. The Balaban J connectivity index is 1.84. The molecule has 0 aromatic heterocycles. The van der Waals surface area contributed by atoms with E-state index in [4.69, 9.17) is 26.2 Å². The van der Waals surface area contributed by atoms with E-state index in [9.17, 15) is 9.59 Å². The normalized spacial score (nSPS) is 10.6. The SMILES string of the molecule is O=C(O)COc1ccc(/C=N/NC(=O)COc2ccc(Br)cc2Br)cc1Cl. The number of aliphatic carboxylic acids is 1. The molecule has 2 aromatic rings. The van der Waals surface area contributed by atoms with Crippen molar-refractivity contribution in [3.8, 4) is 11.5 Å². The number of carboxylic acids is 1. The number of nitrogens with one attached hydrogen (secondary N) is 1. The molecule has 0 saturated carbocycles. The maximum Gasteiger partial charge on any atom is 0.341 e. The number of hydrazone groups is 1. The fraction of sp³-hybridized carbons (Fsp3) is 0.118. The van der Waals surface area contributed by atoms with E-state index in [1.54, 1.807) is 24.3 Å². The number of benzene rings is 2. The Bertz CT molecular complexity index is 876. The van der Waals surface area contributed by atoms with Crippen molar-refractivity contribution in [2.24, 2.45) is 5.10 Å². The lowest BCUT2D eigenvalue weighted by Gasteiger charge is -2.07. The molecule has 0 saturated heterocycles. The van der Waals surface area contributed by atoms with Crippen LogP contribution in [0.15, 0.2) is 50.4 Å². The molecule has 2 rings (SSSR count). The van der Waals surface area contributed by atoms with Crippen LogP contribution in [0.1, 0.15) is 5.56 Å². The molecular weight excluding hydrogens is 507 g/mol. The highest BCUT2D eigenvalue weighted by molar-refractivity contribution is 9.11. The predicted octanol–water partition coefficient (Wildman–Crippen LogP) is 3.86. The van der Waals surface area contributed by atoms with Gasteiger partial charge in [-0.2, -0.15) is 5.10 Å². The second-order valence-electron chi connectivity index (χ2n) is 5.03. The van der Waals surface area contributed by atoms with Crippen LogP contribution in [0.25, 0.3) is 0 Å². The van der Waals surface area contributed by atoms with Crippen LogP contribution < -0.4 is 14.9 Å². The van der Waals surface area contributed by atoms with Crippen molar-refractivity contribution in [1.82, 2.24) is 5.43 Å². The molecule has 0 aliphatic rings. The van der Waals surface area contributed by atoms with Gasteiger partial charge in [0.1, 0.15) is 11.5 Å². The van der Waals surface area contributed by atoms with Gasteiger partial charge in [0.25, 0.3) is 5.91 Å². The van der Waals surface area contributed by atoms with Gasteiger partial charge >= 0.3 is 5.97 Å². The first-order valence-corrected chi connectivity index (χ1v) is 9.35. The lowest BCUT2D eigenvalue weighted by atomic mass is 10.2. The lowest BCUT2D eigenvalue weighted by Crippen LogP contribution is -2.24. The highest BCUT2D eigenvalue weighted by atomic mass is 79.9. The number of nitrogens with zero attached hydrogens (tertiary/aromatic N) is 1. The maximum absolute atomic E-state index is 11.8. The largest absolute Gasteiger partial charge is 0.483 e. The standard InChI is InChI=1S/C17H13Br2ClN2O5/c18-11-2-4-14(12(19)6-11)26-8-16(23)22-21-7-10-1-3-15(13(20)5-10)27-9-17(24)25/h1-7H,8-9H2,(H,22,23)(H,24,25)/b21-7+. The molecular formula is C17H13Br2ClN2O5. The summed E-state index contributed by atoms with van der Waals surface area (Å²) in [6.45, 7) is -0.696. The number of hydrogen-bond acceptors (Lipinski definition) is 5. The number of hydrogen-bond donors (Lipinski definition) is 2. The van der Waals surface area contributed by atoms with Gasteiger partial charge in [-0.05, 0) is 57.9 Å². The molecule has 0 aliphatic heterocycles. The summed E-state index contributed by atoms with van der Waals surface area (Å²) in [6.07, 6.45) is 1.39. The van der Waals surface area contributed by atoms with E-state index in [0.717, 1.165) is 4.47 Å². The van der Waals surface area contributed by atoms with Crippen LogP contribution in [0.3, 0.4) is 0 Å². The van der Waals surface area contributed by atoms with Crippen LogP contribution in [-0.2, 0) is 9.59 Å². The topological polar surface area (TPSA) is 97.2 Å². The van der Waals surface area contributed by atoms with Crippen molar-refractivity contribution in [3.63, 3.8) is 0 Å². The van der Waals surface area contributed by atoms with Gasteiger partial charge < -0.3 is 14.6 Å². The molecule has 0 heterocycles. The maximum atomic E-state index is 11.8. The number of amides is 1. The highest BCUT2D eigenvalue weighted by Gasteiger charge is 2.06.